The fraction of sp³-hybridized carbons (Fsp3) is 0.467. The number of carbonyl (C=O) groups is 2. The number of rotatable bonds is 8. The molecule has 0 fully saturated rings. The van der Waals surface area contributed by atoms with Gasteiger partial charge in [0.1, 0.15) is 6.04 Å². The predicted octanol–water partition coefficient (Wildman–Crippen LogP) is 1.91. The SMILES string of the molecule is CCCC(NC(=O)NCc1ccc(Br)cc1)C(=O)NCCN.Cl. The van der Waals surface area contributed by atoms with Crippen LogP contribution in [0, 0.1) is 0 Å². The van der Waals surface area contributed by atoms with E-state index >= 15 is 0 Å². The van der Waals surface area contributed by atoms with Gasteiger partial charge in [-0.1, -0.05) is 41.4 Å². The maximum Gasteiger partial charge on any atom is 0.315 e. The van der Waals surface area contributed by atoms with E-state index in [2.05, 4.69) is 31.9 Å². The third kappa shape index (κ3) is 8.78. The normalized spacial score (nSPS) is 11.1. The minimum absolute atomic E-state index is 0. The molecule has 0 aliphatic carbocycles. The maximum atomic E-state index is 11.9. The number of nitrogens with one attached hydrogen (secondary N) is 3. The molecule has 6 nitrogen and oxygen atoms in total. The number of hydrogen-bond acceptors (Lipinski definition) is 3. The van der Waals surface area contributed by atoms with E-state index in [1.54, 1.807) is 0 Å². The van der Waals surface area contributed by atoms with E-state index in [4.69, 9.17) is 5.73 Å². The minimum atomic E-state index is -0.540. The minimum Gasteiger partial charge on any atom is -0.353 e. The zero-order valence-electron chi connectivity index (χ0n) is 13.1. The van der Waals surface area contributed by atoms with Crippen molar-refractivity contribution in [3.8, 4) is 0 Å². The summed E-state index contributed by atoms with van der Waals surface area (Å²) in [6, 6.07) is 6.76. The van der Waals surface area contributed by atoms with Crippen LogP contribution in [0.25, 0.3) is 0 Å². The highest BCUT2D eigenvalue weighted by Gasteiger charge is 2.19. The van der Waals surface area contributed by atoms with Gasteiger partial charge in [-0.05, 0) is 24.1 Å². The van der Waals surface area contributed by atoms with Gasteiger partial charge in [0.05, 0.1) is 0 Å². The fourth-order valence-electron chi connectivity index (χ4n) is 1.87. The second-order valence-electron chi connectivity index (χ2n) is 4.87. The van der Waals surface area contributed by atoms with Crippen LogP contribution in [0.15, 0.2) is 28.7 Å². The number of hydrogen-bond donors (Lipinski definition) is 4. The number of nitrogens with two attached hydrogens (primary N) is 1. The lowest BCUT2D eigenvalue weighted by Crippen LogP contribution is -2.50. The Kier molecular flexibility index (Phi) is 11.5. The molecule has 1 atom stereocenters. The van der Waals surface area contributed by atoms with E-state index in [-0.39, 0.29) is 24.3 Å². The van der Waals surface area contributed by atoms with Crippen molar-refractivity contribution < 1.29 is 9.59 Å². The molecule has 0 spiro atoms. The molecule has 0 aliphatic rings. The largest absolute Gasteiger partial charge is 0.353 e. The quantitative estimate of drug-likeness (QED) is 0.530. The second kappa shape index (κ2) is 12.2. The van der Waals surface area contributed by atoms with Crippen molar-refractivity contribution in [3.05, 3.63) is 34.3 Å². The van der Waals surface area contributed by atoms with Crippen LogP contribution in [0.1, 0.15) is 25.3 Å². The number of carbonyl (C=O) groups excluding carboxylic acids is 2. The monoisotopic (exact) mass is 406 g/mol. The van der Waals surface area contributed by atoms with Crippen LogP contribution in [0.4, 0.5) is 4.79 Å². The van der Waals surface area contributed by atoms with Crippen molar-refractivity contribution in [1.82, 2.24) is 16.0 Å². The van der Waals surface area contributed by atoms with E-state index in [0.717, 1.165) is 16.5 Å². The Morgan fingerprint density at radius 2 is 1.87 bits per heavy atom. The van der Waals surface area contributed by atoms with Crippen molar-refractivity contribution in [3.63, 3.8) is 0 Å². The Hall–Kier alpha value is -1.31. The summed E-state index contributed by atoms with van der Waals surface area (Å²) in [7, 11) is 0. The summed E-state index contributed by atoms with van der Waals surface area (Å²) in [6.45, 7) is 3.15. The van der Waals surface area contributed by atoms with Crippen LogP contribution < -0.4 is 21.7 Å². The highest BCUT2D eigenvalue weighted by Crippen LogP contribution is 2.10. The second-order valence-corrected chi connectivity index (χ2v) is 5.79. The van der Waals surface area contributed by atoms with E-state index in [1.807, 2.05) is 31.2 Å². The van der Waals surface area contributed by atoms with Crippen LogP contribution in [0.5, 0.6) is 0 Å². The Morgan fingerprint density at radius 1 is 1.22 bits per heavy atom. The summed E-state index contributed by atoms with van der Waals surface area (Å²) in [4.78, 5) is 23.8. The first-order chi connectivity index (χ1) is 10.6. The van der Waals surface area contributed by atoms with Crippen LogP contribution in [-0.4, -0.2) is 31.1 Å². The van der Waals surface area contributed by atoms with Gasteiger partial charge < -0.3 is 21.7 Å². The highest BCUT2D eigenvalue weighted by atomic mass is 79.9. The molecule has 1 rings (SSSR count). The average Bonchev–Trinajstić information content (AvgIpc) is 2.51. The molecule has 0 radical (unpaired) electrons. The molecule has 0 saturated heterocycles. The first-order valence-electron chi connectivity index (χ1n) is 7.33. The summed E-state index contributed by atoms with van der Waals surface area (Å²) in [5, 5.41) is 8.14. The molecule has 5 N–H and O–H groups in total. The molecule has 0 aromatic heterocycles. The summed E-state index contributed by atoms with van der Waals surface area (Å²) in [5.74, 6) is -0.203. The molecule has 0 aliphatic heterocycles. The Balaban J connectivity index is 0.00000484. The molecular formula is C15H24BrClN4O2. The molecule has 1 aromatic rings. The molecule has 1 unspecified atom stereocenters. The summed E-state index contributed by atoms with van der Waals surface area (Å²) < 4.78 is 0.986. The smallest absolute Gasteiger partial charge is 0.315 e. The summed E-state index contributed by atoms with van der Waals surface area (Å²) in [6.07, 6.45) is 1.38. The average molecular weight is 408 g/mol. The predicted molar refractivity (Wildman–Crippen MR) is 97.5 cm³/mol. The van der Waals surface area contributed by atoms with Crippen LogP contribution >= 0.6 is 28.3 Å². The van der Waals surface area contributed by atoms with Crippen LogP contribution in [0.2, 0.25) is 0 Å². The Morgan fingerprint density at radius 3 is 2.43 bits per heavy atom. The van der Waals surface area contributed by atoms with E-state index in [1.165, 1.54) is 0 Å². The molecule has 0 saturated carbocycles. The molecule has 23 heavy (non-hydrogen) atoms. The molecule has 0 heterocycles. The Bertz CT molecular complexity index is 485. The number of amides is 3. The van der Waals surface area contributed by atoms with Gasteiger partial charge in [0.15, 0.2) is 0 Å². The fourth-order valence-corrected chi connectivity index (χ4v) is 2.13. The van der Waals surface area contributed by atoms with Gasteiger partial charge in [-0.3, -0.25) is 4.79 Å². The van der Waals surface area contributed by atoms with Crippen molar-refractivity contribution in [2.24, 2.45) is 5.73 Å². The van der Waals surface area contributed by atoms with E-state index in [9.17, 15) is 9.59 Å². The number of halogens is 2. The van der Waals surface area contributed by atoms with E-state index in [0.29, 0.717) is 26.1 Å². The van der Waals surface area contributed by atoms with Gasteiger partial charge in [-0.25, -0.2) is 4.79 Å². The van der Waals surface area contributed by atoms with Crippen molar-refractivity contribution in [1.29, 1.82) is 0 Å². The van der Waals surface area contributed by atoms with Gasteiger partial charge in [0.2, 0.25) is 5.91 Å². The van der Waals surface area contributed by atoms with Gasteiger partial charge in [-0.2, -0.15) is 0 Å². The molecule has 0 bridgehead atoms. The standard InChI is InChI=1S/C15H23BrN4O2.ClH/c1-2-3-13(14(21)18-9-8-17)20-15(22)19-10-11-4-6-12(16)7-5-11;/h4-7,13H,2-3,8-10,17H2,1H3,(H,18,21)(H2,19,20,22);1H. The van der Waals surface area contributed by atoms with Gasteiger partial charge in [0.25, 0.3) is 0 Å². The first kappa shape index (κ1) is 21.7. The number of urea groups is 1. The van der Waals surface area contributed by atoms with Gasteiger partial charge >= 0.3 is 6.03 Å². The zero-order chi connectivity index (χ0) is 16.4. The van der Waals surface area contributed by atoms with Crippen molar-refractivity contribution in [2.75, 3.05) is 13.1 Å². The first-order valence-corrected chi connectivity index (χ1v) is 8.12. The molecule has 3 amide bonds. The third-order valence-corrected chi connectivity index (χ3v) is 3.54. The maximum absolute atomic E-state index is 11.9. The third-order valence-electron chi connectivity index (χ3n) is 3.01. The van der Waals surface area contributed by atoms with Crippen molar-refractivity contribution in [2.45, 2.75) is 32.4 Å². The topological polar surface area (TPSA) is 96.2 Å². The molecule has 130 valence electrons. The summed E-state index contributed by atoms with van der Waals surface area (Å²) in [5.41, 5.74) is 6.34. The lowest BCUT2D eigenvalue weighted by Gasteiger charge is -2.18. The zero-order valence-corrected chi connectivity index (χ0v) is 15.5. The molecule has 1 aromatic carbocycles. The van der Waals surface area contributed by atoms with Crippen molar-refractivity contribution >= 4 is 40.3 Å². The lowest BCUT2D eigenvalue weighted by atomic mass is 10.1. The van der Waals surface area contributed by atoms with Crippen LogP contribution in [-0.2, 0) is 11.3 Å². The summed E-state index contributed by atoms with van der Waals surface area (Å²) >= 11 is 3.36. The van der Waals surface area contributed by atoms with Gasteiger partial charge in [-0.15, -0.1) is 12.4 Å². The Labute approximate surface area is 151 Å². The van der Waals surface area contributed by atoms with Gasteiger partial charge in [0, 0.05) is 24.1 Å². The number of benzene rings is 1. The lowest BCUT2D eigenvalue weighted by molar-refractivity contribution is -0.123. The van der Waals surface area contributed by atoms with E-state index < -0.39 is 6.04 Å². The molecule has 8 heteroatoms. The highest BCUT2D eigenvalue weighted by molar-refractivity contribution is 9.10. The van der Waals surface area contributed by atoms with Crippen LogP contribution in [0.3, 0.4) is 0 Å². The molecular weight excluding hydrogens is 384 g/mol.